The van der Waals surface area contributed by atoms with Crippen LogP contribution in [0.4, 0.5) is 0 Å². The second kappa shape index (κ2) is 7.96. The molecule has 0 saturated carbocycles. The smallest absolute Gasteiger partial charge is 0.161 e. The molecule has 1 aromatic rings. The van der Waals surface area contributed by atoms with Gasteiger partial charge in [-0.05, 0) is 19.1 Å². The SMILES string of the molecule is CCOc1ccccc1OCCOCCO. The molecule has 16 heavy (non-hydrogen) atoms. The van der Waals surface area contributed by atoms with E-state index in [9.17, 15) is 0 Å². The lowest BCUT2D eigenvalue weighted by Gasteiger charge is -2.11. The number of para-hydroxylation sites is 2. The van der Waals surface area contributed by atoms with E-state index in [1.807, 2.05) is 31.2 Å². The number of rotatable bonds is 8. The van der Waals surface area contributed by atoms with Crippen molar-refractivity contribution in [3.63, 3.8) is 0 Å². The second-order valence-corrected chi connectivity index (χ2v) is 3.06. The monoisotopic (exact) mass is 226 g/mol. The maximum absolute atomic E-state index is 8.51. The van der Waals surface area contributed by atoms with Crippen LogP contribution in [0.2, 0.25) is 0 Å². The Morgan fingerprint density at radius 3 is 2.31 bits per heavy atom. The lowest BCUT2D eigenvalue weighted by atomic mass is 10.3. The van der Waals surface area contributed by atoms with Gasteiger partial charge in [-0.2, -0.15) is 0 Å². The molecule has 1 aromatic carbocycles. The molecule has 0 unspecified atom stereocenters. The van der Waals surface area contributed by atoms with Gasteiger partial charge in [-0.3, -0.25) is 0 Å². The van der Waals surface area contributed by atoms with Crippen molar-refractivity contribution >= 4 is 0 Å². The normalized spacial score (nSPS) is 10.1. The summed E-state index contributed by atoms with van der Waals surface area (Å²) in [5, 5.41) is 8.51. The van der Waals surface area contributed by atoms with E-state index < -0.39 is 0 Å². The van der Waals surface area contributed by atoms with Gasteiger partial charge in [0.2, 0.25) is 0 Å². The summed E-state index contributed by atoms with van der Waals surface area (Å²) in [6.45, 7) is 3.83. The van der Waals surface area contributed by atoms with Crippen molar-refractivity contribution in [2.45, 2.75) is 6.92 Å². The van der Waals surface area contributed by atoms with Gasteiger partial charge in [0.05, 0.1) is 26.4 Å². The fourth-order valence-electron chi connectivity index (χ4n) is 1.22. The van der Waals surface area contributed by atoms with Gasteiger partial charge in [0.1, 0.15) is 6.61 Å². The van der Waals surface area contributed by atoms with Crippen molar-refractivity contribution in [3.8, 4) is 11.5 Å². The summed E-state index contributed by atoms with van der Waals surface area (Å²) >= 11 is 0. The Hall–Kier alpha value is -1.26. The quantitative estimate of drug-likeness (QED) is 0.682. The molecule has 0 aromatic heterocycles. The molecule has 0 aliphatic rings. The molecule has 0 aliphatic carbocycles. The molecule has 0 saturated heterocycles. The van der Waals surface area contributed by atoms with Crippen LogP contribution < -0.4 is 9.47 Å². The molecule has 1 N–H and O–H groups in total. The molecule has 0 bridgehead atoms. The fraction of sp³-hybridized carbons (Fsp3) is 0.500. The summed E-state index contributed by atoms with van der Waals surface area (Å²) < 4.78 is 16.0. The summed E-state index contributed by atoms with van der Waals surface area (Å²) in [6.07, 6.45) is 0. The van der Waals surface area contributed by atoms with Gasteiger partial charge in [-0.15, -0.1) is 0 Å². The van der Waals surface area contributed by atoms with E-state index in [0.717, 1.165) is 11.5 Å². The number of benzene rings is 1. The van der Waals surface area contributed by atoms with Gasteiger partial charge in [-0.1, -0.05) is 12.1 Å². The topological polar surface area (TPSA) is 47.9 Å². The summed E-state index contributed by atoms with van der Waals surface area (Å²) in [4.78, 5) is 0. The molecule has 4 nitrogen and oxygen atoms in total. The summed E-state index contributed by atoms with van der Waals surface area (Å²) in [7, 11) is 0. The van der Waals surface area contributed by atoms with Gasteiger partial charge in [-0.25, -0.2) is 0 Å². The molecule has 0 heterocycles. The molecule has 0 aliphatic heterocycles. The molecule has 0 atom stereocenters. The summed E-state index contributed by atoms with van der Waals surface area (Å²) in [5.74, 6) is 1.46. The van der Waals surface area contributed by atoms with Crippen LogP contribution in [0.5, 0.6) is 11.5 Å². The molecule has 0 fully saturated rings. The van der Waals surface area contributed by atoms with E-state index in [-0.39, 0.29) is 6.61 Å². The molecule has 0 amide bonds. The molecule has 0 radical (unpaired) electrons. The standard InChI is InChI=1S/C12H18O4/c1-2-15-11-5-3-4-6-12(11)16-10-9-14-8-7-13/h3-6,13H,2,7-10H2,1H3. The Bertz CT molecular complexity index is 288. The van der Waals surface area contributed by atoms with Crippen molar-refractivity contribution in [1.82, 2.24) is 0 Å². The van der Waals surface area contributed by atoms with Crippen LogP contribution in [0.15, 0.2) is 24.3 Å². The largest absolute Gasteiger partial charge is 0.490 e. The van der Waals surface area contributed by atoms with Gasteiger partial charge < -0.3 is 19.3 Å². The highest BCUT2D eigenvalue weighted by Gasteiger charge is 2.02. The Morgan fingerprint density at radius 1 is 1.00 bits per heavy atom. The van der Waals surface area contributed by atoms with Crippen molar-refractivity contribution in [3.05, 3.63) is 24.3 Å². The van der Waals surface area contributed by atoms with Gasteiger partial charge >= 0.3 is 0 Å². The average Bonchev–Trinajstić information content (AvgIpc) is 2.31. The third-order valence-electron chi connectivity index (χ3n) is 1.87. The van der Waals surface area contributed by atoms with E-state index in [4.69, 9.17) is 19.3 Å². The zero-order valence-electron chi connectivity index (χ0n) is 9.52. The lowest BCUT2D eigenvalue weighted by molar-refractivity contribution is 0.0697. The Balaban J connectivity index is 2.34. The highest BCUT2D eigenvalue weighted by Crippen LogP contribution is 2.25. The molecular formula is C12H18O4. The number of aliphatic hydroxyl groups excluding tert-OH is 1. The van der Waals surface area contributed by atoms with E-state index in [1.165, 1.54) is 0 Å². The van der Waals surface area contributed by atoms with Crippen LogP contribution in [0.1, 0.15) is 6.92 Å². The van der Waals surface area contributed by atoms with Gasteiger partial charge in [0.25, 0.3) is 0 Å². The molecule has 1 rings (SSSR count). The molecule has 4 heteroatoms. The van der Waals surface area contributed by atoms with Crippen LogP contribution in [-0.4, -0.2) is 38.1 Å². The molecular weight excluding hydrogens is 208 g/mol. The Kier molecular flexibility index (Phi) is 6.37. The zero-order valence-corrected chi connectivity index (χ0v) is 9.52. The Morgan fingerprint density at radius 2 is 1.69 bits per heavy atom. The number of hydrogen-bond donors (Lipinski definition) is 1. The number of ether oxygens (including phenoxy) is 3. The van der Waals surface area contributed by atoms with Crippen molar-refractivity contribution < 1.29 is 19.3 Å². The first-order valence-electron chi connectivity index (χ1n) is 5.41. The second-order valence-electron chi connectivity index (χ2n) is 3.06. The van der Waals surface area contributed by atoms with E-state index in [0.29, 0.717) is 26.4 Å². The third kappa shape index (κ3) is 4.51. The first-order chi connectivity index (χ1) is 7.88. The first kappa shape index (κ1) is 12.8. The van der Waals surface area contributed by atoms with Crippen LogP contribution in [0, 0.1) is 0 Å². The van der Waals surface area contributed by atoms with Crippen LogP contribution >= 0.6 is 0 Å². The minimum atomic E-state index is 0.0372. The maximum Gasteiger partial charge on any atom is 0.161 e. The van der Waals surface area contributed by atoms with Gasteiger partial charge in [0.15, 0.2) is 11.5 Å². The van der Waals surface area contributed by atoms with E-state index in [1.54, 1.807) is 0 Å². The predicted molar refractivity (Wildman–Crippen MR) is 61.0 cm³/mol. The molecule has 0 spiro atoms. The van der Waals surface area contributed by atoms with E-state index in [2.05, 4.69) is 0 Å². The number of hydrogen-bond acceptors (Lipinski definition) is 4. The highest BCUT2D eigenvalue weighted by molar-refractivity contribution is 5.39. The maximum atomic E-state index is 8.51. The predicted octanol–water partition coefficient (Wildman–Crippen LogP) is 1.47. The number of aliphatic hydroxyl groups is 1. The minimum absolute atomic E-state index is 0.0372. The zero-order chi connectivity index (χ0) is 11.6. The highest BCUT2D eigenvalue weighted by atomic mass is 16.5. The summed E-state index contributed by atoms with van der Waals surface area (Å²) in [6, 6.07) is 7.52. The van der Waals surface area contributed by atoms with E-state index >= 15 is 0 Å². The van der Waals surface area contributed by atoms with Crippen molar-refractivity contribution in [2.24, 2.45) is 0 Å². The van der Waals surface area contributed by atoms with Crippen molar-refractivity contribution in [1.29, 1.82) is 0 Å². The third-order valence-corrected chi connectivity index (χ3v) is 1.87. The van der Waals surface area contributed by atoms with Crippen LogP contribution in [0.3, 0.4) is 0 Å². The van der Waals surface area contributed by atoms with Gasteiger partial charge in [0, 0.05) is 0 Å². The van der Waals surface area contributed by atoms with Crippen LogP contribution in [-0.2, 0) is 4.74 Å². The minimum Gasteiger partial charge on any atom is -0.490 e. The Labute approximate surface area is 95.8 Å². The van der Waals surface area contributed by atoms with Crippen LogP contribution in [0.25, 0.3) is 0 Å². The van der Waals surface area contributed by atoms with Crippen molar-refractivity contribution in [2.75, 3.05) is 33.0 Å². The molecule has 90 valence electrons. The first-order valence-corrected chi connectivity index (χ1v) is 5.41. The summed E-state index contributed by atoms with van der Waals surface area (Å²) in [5.41, 5.74) is 0. The fourth-order valence-corrected chi connectivity index (χ4v) is 1.22. The average molecular weight is 226 g/mol. The lowest BCUT2D eigenvalue weighted by Crippen LogP contribution is -2.09.